The van der Waals surface area contributed by atoms with Crippen molar-refractivity contribution < 1.29 is 19.1 Å². The largest absolute Gasteiger partial charge is 0.465 e. The molecule has 1 aromatic rings. The van der Waals surface area contributed by atoms with Gasteiger partial charge in [-0.15, -0.1) is 0 Å². The van der Waals surface area contributed by atoms with Crippen LogP contribution in [0.5, 0.6) is 0 Å². The SMILES string of the molecule is COC(=O)c1c(C)[nH]c(C(=O)NCCCN2CCOCC2)c1C. The lowest BCUT2D eigenvalue weighted by Crippen LogP contribution is -2.38. The molecule has 0 bridgehead atoms. The summed E-state index contributed by atoms with van der Waals surface area (Å²) in [4.78, 5) is 29.3. The number of hydrogen-bond donors (Lipinski definition) is 2. The van der Waals surface area contributed by atoms with Gasteiger partial charge < -0.3 is 19.8 Å². The molecule has 2 N–H and O–H groups in total. The van der Waals surface area contributed by atoms with Crippen LogP contribution in [0.15, 0.2) is 0 Å². The summed E-state index contributed by atoms with van der Waals surface area (Å²) < 4.78 is 10.1. The fourth-order valence-electron chi connectivity index (χ4n) is 2.80. The highest BCUT2D eigenvalue weighted by atomic mass is 16.5. The number of nitrogens with one attached hydrogen (secondary N) is 2. The van der Waals surface area contributed by atoms with E-state index in [0.29, 0.717) is 29.1 Å². The molecule has 1 saturated heterocycles. The maximum Gasteiger partial charge on any atom is 0.339 e. The molecule has 1 fully saturated rings. The number of aryl methyl sites for hydroxylation is 1. The highest BCUT2D eigenvalue weighted by Gasteiger charge is 2.22. The van der Waals surface area contributed by atoms with E-state index in [0.717, 1.165) is 39.3 Å². The average molecular weight is 323 g/mol. The van der Waals surface area contributed by atoms with E-state index < -0.39 is 5.97 Å². The number of nitrogens with zero attached hydrogens (tertiary/aromatic N) is 1. The Morgan fingerprint density at radius 2 is 2.00 bits per heavy atom. The Morgan fingerprint density at radius 1 is 1.30 bits per heavy atom. The second kappa shape index (κ2) is 8.12. The zero-order valence-corrected chi connectivity index (χ0v) is 14.0. The summed E-state index contributed by atoms with van der Waals surface area (Å²) in [6.07, 6.45) is 0.883. The van der Waals surface area contributed by atoms with E-state index in [1.807, 2.05) is 0 Å². The molecular weight excluding hydrogens is 298 g/mol. The van der Waals surface area contributed by atoms with Crippen LogP contribution < -0.4 is 5.32 Å². The maximum absolute atomic E-state index is 12.3. The minimum Gasteiger partial charge on any atom is -0.465 e. The zero-order chi connectivity index (χ0) is 16.8. The second-order valence-corrected chi connectivity index (χ2v) is 5.68. The molecule has 2 rings (SSSR count). The number of ether oxygens (including phenoxy) is 2. The summed E-state index contributed by atoms with van der Waals surface area (Å²) in [6.45, 7) is 8.51. The second-order valence-electron chi connectivity index (χ2n) is 5.68. The van der Waals surface area contributed by atoms with Crippen molar-refractivity contribution in [1.29, 1.82) is 0 Å². The Balaban J connectivity index is 1.85. The van der Waals surface area contributed by atoms with Crippen molar-refractivity contribution in [1.82, 2.24) is 15.2 Å². The fourth-order valence-corrected chi connectivity index (χ4v) is 2.80. The smallest absolute Gasteiger partial charge is 0.339 e. The summed E-state index contributed by atoms with van der Waals surface area (Å²) in [5.74, 6) is -0.620. The summed E-state index contributed by atoms with van der Waals surface area (Å²) in [7, 11) is 1.33. The summed E-state index contributed by atoms with van der Waals surface area (Å²) in [5.41, 5.74) is 2.13. The van der Waals surface area contributed by atoms with Crippen LogP contribution in [0.3, 0.4) is 0 Å². The Bertz CT molecular complexity index is 562. The van der Waals surface area contributed by atoms with Gasteiger partial charge in [0.15, 0.2) is 0 Å². The van der Waals surface area contributed by atoms with Crippen LogP contribution in [0.25, 0.3) is 0 Å². The molecule has 0 aliphatic carbocycles. The van der Waals surface area contributed by atoms with E-state index >= 15 is 0 Å². The van der Waals surface area contributed by atoms with Gasteiger partial charge in [-0.3, -0.25) is 9.69 Å². The molecule has 0 atom stereocenters. The molecule has 0 aromatic carbocycles. The van der Waals surface area contributed by atoms with Crippen molar-refractivity contribution in [2.45, 2.75) is 20.3 Å². The van der Waals surface area contributed by atoms with E-state index in [1.165, 1.54) is 7.11 Å². The van der Waals surface area contributed by atoms with E-state index in [4.69, 9.17) is 9.47 Å². The first-order valence-electron chi connectivity index (χ1n) is 7.90. The van der Waals surface area contributed by atoms with Gasteiger partial charge in [0.25, 0.3) is 5.91 Å². The van der Waals surface area contributed by atoms with Crippen LogP contribution in [0.2, 0.25) is 0 Å². The van der Waals surface area contributed by atoms with Crippen LogP contribution >= 0.6 is 0 Å². The monoisotopic (exact) mass is 323 g/mol. The summed E-state index contributed by atoms with van der Waals surface area (Å²) in [6, 6.07) is 0. The van der Waals surface area contributed by atoms with Crippen molar-refractivity contribution in [3.05, 3.63) is 22.5 Å². The van der Waals surface area contributed by atoms with E-state index in [1.54, 1.807) is 13.8 Å². The summed E-state index contributed by atoms with van der Waals surface area (Å²) >= 11 is 0. The van der Waals surface area contributed by atoms with Crippen molar-refractivity contribution in [2.75, 3.05) is 46.5 Å². The van der Waals surface area contributed by atoms with Gasteiger partial charge in [-0.25, -0.2) is 4.79 Å². The van der Waals surface area contributed by atoms with Crippen LogP contribution in [-0.2, 0) is 9.47 Å². The minimum absolute atomic E-state index is 0.192. The van der Waals surface area contributed by atoms with Gasteiger partial charge >= 0.3 is 5.97 Å². The Morgan fingerprint density at radius 3 is 2.65 bits per heavy atom. The Hall–Kier alpha value is -1.86. The number of esters is 1. The molecule has 1 aliphatic heterocycles. The molecular formula is C16H25N3O4. The maximum atomic E-state index is 12.3. The molecule has 1 aliphatic rings. The van der Waals surface area contributed by atoms with Crippen molar-refractivity contribution in [2.24, 2.45) is 0 Å². The Labute approximate surface area is 136 Å². The number of aromatic amines is 1. The third kappa shape index (κ3) is 4.33. The van der Waals surface area contributed by atoms with Crippen LogP contribution in [0.1, 0.15) is 38.5 Å². The van der Waals surface area contributed by atoms with Crippen LogP contribution in [0, 0.1) is 13.8 Å². The number of amides is 1. The number of aromatic nitrogens is 1. The molecule has 1 aromatic heterocycles. The van der Waals surface area contributed by atoms with Crippen LogP contribution in [0.4, 0.5) is 0 Å². The number of hydrogen-bond acceptors (Lipinski definition) is 5. The molecule has 128 valence electrons. The topological polar surface area (TPSA) is 83.7 Å². The third-order valence-corrected chi connectivity index (χ3v) is 4.09. The van der Waals surface area contributed by atoms with Crippen molar-refractivity contribution in [3.63, 3.8) is 0 Å². The van der Waals surface area contributed by atoms with Gasteiger partial charge in [-0.2, -0.15) is 0 Å². The number of carbonyl (C=O) groups is 2. The van der Waals surface area contributed by atoms with Gasteiger partial charge in [-0.1, -0.05) is 0 Å². The van der Waals surface area contributed by atoms with Gasteiger partial charge in [0, 0.05) is 25.3 Å². The first-order valence-corrected chi connectivity index (χ1v) is 7.90. The van der Waals surface area contributed by atoms with Crippen molar-refractivity contribution in [3.8, 4) is 0 Å². The molecule has 7 heteroatoms. The number of rotatable bonds is 6. The predicted octanol–water partition coefficient (Wildman–Crippen LogP) is 0.870. The number of methoxy groups -OCH3 is 1. The average Bonchev–Trinajstić information content (AvgIpc) is 2.86. The molecule has 23 heavy (non-hydrogen) atoms. The molecule has 1 amide bonds. The first kappa shape index (κ1) is 17.5. The lowest BCUT2D eigenvalue weighted by molar-refractivity contribution is 0.0374. The van der Waals surface area contributed by atoms with Gasteiger partial charge in [0.2, 0.25) is 0 Å². The number of carbonyl (C=O) groups excluding carboxylic acids is 2. The van der Waals surface area contributed by atoms with Crippen LogP contribution in [-0.4, -0.2) is 68.3 Å². The molecule has 0 unspecified atom stereocenters. The number of H-pyrrole nitrogens is 1. The molecule has 0 radical (unpaired) electrons. The van der Waals surface area contributed by atoms with Gasteiger partial charge in [0.05, 0.1) is 25.9 Å². The highest BCUT2D eigenvalue weighted by Crippen LogP contribution is 2.18. The standard InChI is InChI=1S/C16H25N3O4/c1-11-13(16(21)22-3)12(2)18-14(11)15(20)17-5-4-6-19-7-9-23-10-8-19/h18H,4-10H2,1-3H3,(H,17,20). The number of morpholine rings is 1. The Kier molecular flexibility index (Phi) is 6.18. The van der Waals surface area contributed by atoms with E-state index in [9.17, 15) is 9.59 Å². The summed E-state index contributed by atoms with van der Waals surface area (Å²) in [5, 5.41) is 2.90. The predicted molar refractivity (Wildman–Crippen MR) is 85.8 cm³/mol. The quantitative estimate of drug-likeness (QED) is 0.599. The molecule has 7 nitrogen and oxygen atoms in total. The molecule has 2 heterocycles. The third-order valence-electron chi connectivity index (χ3n) is 4.09. The van der Waals surface area contributed by atoms with Gasteiger partial charge in [0.1, 0.15) is 5.69 Å². The normalized spacial score (nSPS) is 15.4. The highest BCUT2D eigenvalue weighted by molar-refractivity contribution is 6.00. The first-order chi connectivity index (χ1) is 11.0. The zero-order valence-electron chi connectivity index (χ0n) is 14.0. The minimum atomic E-state index is -0.428. The fraction of sp³-hybridized carbons (Fsp3) is 0.625. The van der Waals surface area contributed by atoms with E-state index in [-0.39, 0.29) is 5.91 Å². The van der Waals surface area contributed by atoms with E-state index in [2.05, 4.69) is 15.2 Å². The lowest BCUT2D eigenvalue weighted by atomic mass is 10.1. The molecule has 0 spiro atoms. The van der Waals surface area contributed by atoms with Crippen molar-refractivity contribution >= 4 is 11.9 Å². The molecule has 0 saturated carbocycles. The van der Waals surface area contributed by atoms with Gasteiger partial charge in [-0.05, 0) is 32.4 Å². The lowest BCUT2D eigenvalue weighted by Gasteiger charge is -2.26.